The fourth-order valence-corrected chi connectivity index (χ4v) is 2.77. The first-order valence-electron chi connectivity index (χ1n) is 4.77. The van der Waals surface area contributed by atoms with E-state index in [4.69, 9.17) is 5.73 Å². The Hall–Kier alpha value is -1.06. The summed E-state index contributed by atoms with van der Waals surface area (Å²) in [7, 11) is -2.54. The lowest BCUT2D eigenvalue weighted by atomic mass is 10.3. The molecule has 3 N–H and O–H groups in total. The van der Waals surface area contributed by atoms with Gasteiger partial charge in [-0.15, -0.1) is 0 Å². The van der Waals surface area contributed by atoms with Crippen LogP contribution >= 0.6 is 12.2 Å². The largest absolute Gasteiger partial charge is 0.392 e. The van der Waals surface area contributed by atoms with Gasteiger partial charge in [-0.2, -0.15) is 0 Å². The lowest BCUT2D eigenvalue weighted by Crippen LogP contribution is -2.47. The first-order valence-corrected chi connectivity index (χ1v) is 6.73. The van der Waals surface area contributed by atoms with Crippen LogP contribution < -0.4 is 10.5 Å². The number of nitrogens with one attached hydrogen (secondary N) is 1. The van der Waals surface area contributed by atoms with E-state index in [1.165, 1.54) is 14.0 Å². The van der Waals surface area contributed by atoms with Gasteiger partial charge in [-0.3, -0.25) is 14.5 Å². The van der Waals surface area contributed by atoms with Crippen LogP contribution in [0.1, 0.15) is 13.3 Å². The number of carbonyl (C=O) groups excluding carboxylic acids is 2. The summed E-state index contributed by atoms with van der Waals surface area (Å²) in [5, 5.41) is -1.09. The normalized spacial score (nSPS) is 22.9. The zero-order valence-corrected chi connectivity index (χ0v) is 11.0. The average molecular weight is 279 g/mol. The molecule has 0 aromatic rings. The molecular weight excluding hydrogens is 266 g/mol. The molecule has 1 heterocycles. The Morgan fingerprint density at radius 1 is 1.59 bits per heavy atom. The van der Waals surface area contributed by atoms with Gasteiger partial charge in [0.25, 0.3) is 0 Å². The molecule has 1 rings (SSSR count). The van der Waals surface area contributed by atoms with Crippen molar-refractivity contribution in [3.05, 3.63) is 0 Å². The Bertz CT molecular complexity index is 473. The van der Waals surface area contributed by atoms with E-state index >= 15 is 0 Å². The van der Waals surface area contributed by atoms with Crippen LogP contribution in [0.4, 0.5) is 0 Å². The number of amides is 2. The summed E-state index contributed by atoms with van der Waals surface area (Å²) in [4.78, 5) is 23.4. The van der Waals surface area contributed by atoms with E-state index in [1.54, 1.807) is 0 Å². The Labute approximate surface area is 104 Å². The van der Waals surface area contributed by atoms with E-state index in [1.807, 2.05) is 0 Å². The molecule has 9 heteroatoms. The molecule has 2 amide bonds. The predicted molar refractivity (Wildman–Crippen MR) is 64.5 cm³/mol. The van der Waals surface area contributed by atoms with Crippen LogP contribution in [-0.4, -0.2) is 48.5 Å². The summed E-state index contributed by atoms with van der Waals surface area (Å²) in [5.41, 5.74) is 5.24. The number of rotatable bonds is 4. The van der Waals surface area contributed by atoms with Crippen LogP contribution in [0.15, 0.2) is 0 Å². The quantitative estimate of drug-likeness (QED) is 0.471. The lowest BCUT2D eigenvalue weighted by molar-refractivity contribution is -0.137. The molecule has 0 spiro atoms. The number of likely N-dealkylation sites (N-methyl/N-ethyl adjacent to an activating group) is 1. The molecule has 2 atom stereocenters. The Kier molecular flexibility index (Phi) is 3.84. The van der Waals surface area contributed by atoms with Crippen molar-refractivity contribution in [1.82, 2.24) is 9.62 Å². The van der Waals surface area contributed by atoms with Gasteiger partial charge in [0.15, 0.2) is 0 Å². The molecule has 17 heavy (non-hydrogen) atoms. The summed E-state index contributed by atoms with van der Waals surface area (Å²) in [6.45, 7) is 1.32. The second-order valence-electron chi connectivity index (χ2n) is 3.76. The van der Waals surface area contributed by atoms with Gasteiger partial charge >= 0.3 is 0 Å². The molecule has 1 aliphatic rings. The number of imide groups is 1. The zero-order chi connectivity index (χ0) is 13.4. The Morgan fingerprint density at radius 3 is 2.47 bits per heavy atom. The number of sulfonamides is 1. The highest BCUT2D eigenvalue weighted by Gasteiger charge is 2.39. The Balaban J connectivity index is 2.84. The molecule has 1 fully saturated rings. The third-order valence-corrected chi connectivity index (χ3v) is 4.85. The van der Waals surface area contributed by atoms with Gasteiger partial charge in [0.2, 0.25) is 21.8 Å². The first-order chi connectivity index (χ1) is 7.66. The number of hydrogen-bond donors (Lipinski definition) is 2. The van der Waals surface area contributed by atoms with Gasteiger partial charge in [-0.25, -0.2) is 13.1 Å². The summed E-state index contributed by atoms with van der Waals surface area (Å²) >= 11 is 4.58. The molecule has 7 nitrogen and oxygen atoms in total. The maximum atomic E-state index is 11.7. The van der Waals surface area contributed by atoms with Crippen molar-refractivity contribution in [3.8, 4) is 0 Å². The van der Waals surface area contributed by atoms with Crippen molar-refractivity contribution in [1.29, 1.82) is 0 Å². The second kappa shape index (κ2) is 4.67. The van der Waals surface area contributed by atoms with Gasteiger partial charge in [0.05, 0.1) is 11.4 Å². The lowest BCUT2D eigenvalue weighted by Gasteiger charge is -2.15. The van der Waals surface area contributed by atoms with Crippen LogP contribution in [0.3, 0.4) is 0 Å². The molecule has 1 saturated heterocycles. The van der Waals surface area contributed by atoms with E-state index in [0.29, 0.717) is 0 Å². The van der Waals surface area contributed by atoms with Crippen molar-refractivity contribution < 1.29 is 18.0 Å². The third-order valence-electron chi connectivity index (χ3n) is 2.55. The summed E-state index contributed by atoms with van der Waals surface area (Å²) < 4.78 is 25.6. The summed E-state index contributed by atoms with van der Waals surface area (Å²) in [5.74, 6) is -1.00. The number of nitrogens with two attached hydrogens (primary N) is 1. The van der Waals surface area contributed by atoms with Gasteiger partial charge in [0.1, 0.15) is 11.3 Å². The van der Waals surface area contributed by atoms with E-state index in [2.05, 4.69) is 16.9 Å². The monoisotopic (exact) mass is 279 g/mol. The van der Waals surface area contributed by atoms with E-state index in [9.17, 15) is 18.0 Å². The minimum atomic E-state index is -3.84. The predicted octanol–water partition coefficient (Wildman–Crippen LogP) is -1.66. The van der Waals surface area contributed by atoms with Crippen molar-refractivity contribution in [3.63, 3.8) is 0 Å². The Morgan fingerprint density at radius 2 is 2.12 bits per heavy atom. The number of thiocarbonyl (C=S) groups is 1. The molecular formula is C8H13N3O4S2. The smallest absolute Gasteiger partial charge is 0.247 e. The molecule has 0 aromatic carbocycles. The molecule has 0 saturated carbocycles. The number of carbonyl (C=O) groups is 2. The maximum Gasteiger partial charge on any atom is 0.247 e. The number of nitrogens with zero attached hydrogens (tertiary/aromatic N) is 1. The fraction of sp³-hybridized carbons (Fsp3) is 0.625. The fourth-order valence-electron chi connectivity index (χ4n) is 1.30. The summed E-state index contributed by atoms with van der Waals surface area (Å²) in [6, 6.07) is -1.06. The molecule has 2 unspecified atom stereocenters. The zero-order valence-electron chi connectivity index (χ0n) is 9.34. The van der Waals surface area contributed by atoms with Crippen LogP contribution in [0, 0.1) is 0 Å². The van der Waals surface area contributed by atoms with Crippen LogP contribution in [0.2, 0.25) is 0 Å². The molecule has 0 bridgehead atoms. The molecule has 0 aromatic heterocycles. The van der Waals surface area contributed by atoms with Crippen molar-refractivity contribution in [2.75, 3.05) is 7.05 Å². The minimum Gasteiger partial charge on any atom is -0.392 e. The van der Waals surface area contributed by atoms with Crippen molar-refractivity contribution >= 4 is 39.0 Å². The molecule has 0 aliphatic carbocycles. The highest BCUT2D eigenvalue weighted by atomic mass is 32.2. The molecule has 96 valence electrons. The maximum absolute atomic E-state index is 11.7. The minimum absolute atomic E-state index is 0.182. The highest BCUT2D eigenvalue weighted by molar-refractivity contribution is 7.93. The number of hydrogen-bond acceptors (Lipinski definition) is 5. The standard InChI is InChI=1S/C8H13N3O4S2/c1-4(7(9)16)17(14,15)10-5-3-6(12)11(2)8(5)13/h4-5,10H,3H2,1-2H3,(H2,9,16). The van der Waals surface area contributed by atoms with Gasteiger partial charge in [0, 0.05) is 7.05 Å². The number of likely N-dealkylation sites (tertiary alicyclic amines) is 1. The van der Waals surface area contributed by atoms with Crippen LogP contribution in [-0.2, 0) is 19.6 Å². The average Bonchev–Trinajstić information content (AvgIpc) is 2.44. The van der Waals surface area contributed by atoms with Crippen LogP contribution in [0.25, 0.3) is 0 Å². The topological polar surface area (TPSA) is 110 Å². The molecule has 0 radical (unpaired) electrons. The second-order valence-corrected chi connectivity index (χ2v) is 6.26. The first kappa shape index (κ1) is 14.0. The third kappa shape index (κ3) is 2.79. The van der Waals surface area contributed by atoms with Crippen molar-refractivity contribution in [2.24, 2.45) is 5.73 Å². The SMILES string of the molecule is CC(C(N)=S)S(=O)(=O)NC1CC(=O)N(C)C1=O. The van der Waals surface area contributed by atoms with Crippen LogP contribution in [0.5, 0.6) is 0 Å². The highest BCUT2D eigenvalue weighted by Crippen LogP contribution is 2.13. The van der Waals surface area contributed by atoms with Gasteiger partial charge < -0.3 is 5.73 Å². The van der Waals surface area contributed by atoms with Gasteiger partial charge in [-0.05, 0) is 6.92 Å². The van der Waals surface area contributed by atoms with Crippen molar-refractivity contribution in [2.45, 2.75) is 24.6 Å². The summed E-state index contributed by atoms with van der Waals surface area (Å²) in [6.07, 6.45) is -0.182. The van der Waals surface area contributed by atoms with E-state index < -0.39 is 33.1 Å². The van der Waals surface area contributed by atoms with Gasteiger partial charge in [-0.1, -0.05) is 12.2 Å². The molecule has 1 aliphatic heterocycles. The van der Waals surface area contributed by atoms with E-state index in [-0.39, 0.29) is 11.4 Å². The van der Waals surface area contributed by atoms with E-state index in [0.717, 1.165) is 4.90 Å².